The Morgan fingerprint density at radius 2 is 0.812 bits per heavy atom. The molecule has 0 aliphatic carbocycles. The molecule has 0 aliphatic heterocycles. The SMILES string of the molecule is Cl.O=S([O-])C(F)(F)F.O=S([O-])C(F)(F)F.[Mg+2]. The van der Waals surface area contributed by atoms with Crippen molar-refractivity contribution in [2.75, 3.05) is 0 Å². The van der Waals surface area contributed by atoms with Gasteiger partial charge in [-0.1, -0.05) is 0 Å². The van der Waals surface area contributed by atoms with Crippen molar-refractivity contribution in [2.24, 2.45) is 0 Å². The Bertz CT molecular complexity index is 206. The maximum Gasteiger partial charge on any atom is 2.00 e. The van der Waals surface area contributed by atoms with Gasteiger partial charge in [0.1, 0.15) is 0 Å². The van der Waals surface area contributed by atoms with Crippen LogP contribution in [0.1, 0.15) is 0 Å². The van der Waals surface area contributed by atoms with Crippen LogP contribution >= 0.6 is 12.4 Å². The largest absolute Gasteiger partial charge is 2.00 e. The molecule has 2 unspecified atom stereocenters. The fourth-order valence-electron chi connectivity index (χ4n) is 0. The van der Waals surface area contributed by atoms with Crippen molar-refractivity contribution in [3.05, 3.63) is 0 Å². The van der Waals surface area contributed by atoms with E-state index in [2.05, 4.69) is 0 Å². The van der Waals surface area contributed by atoms with Crippen LogP contribution in [0.25, 0.3) is 0 Å². The Morgan fingerprint density at radius 1 is 0.750 bits per heavy atom. The zero-order chi connectivity index (χ0) is 12.2. The maximum atomic E-state index is 10.6. The summed E-state index contributed by atoms with van der Waals surface area (Å²) in [6.07, 6.45) is 0. The van der Waals surface area contributed by atoms with Gasteiger partial charge in [0.15, 0.2) is 0 Å². The number of hydrogen-bond donors (Lipinski definition) is 0. The van der Waals surface area contributed by atoms with Gasteiger partial charge in [0, 0.05) is 0 Å². The molecule has 4 nitrogen and oxygen atoms in total. The van der Waals surface area contributed by atoms with E-state index in [1.54, 1.807) is 0 Å². The van der Waals surface area contributed by atoms with E-state index < -0.39 is 33.2 Å². The summed E-state index contributed by atoms with van der Waals surface area (Å²) in [5, 5.41) is 0. The summed E-state index contributed by atoms with van der Waals surface area (Å²) in [6, 6.07) is 0. The van der Waals surface area contributed by atoms with Gasteiger partial charge in [-0.2, -0.15) is 26.3 Å². The van der Waals surface area contributed by atoms with Crippen LogP contribution < -0.4 is 0 Å². The monoisotopic (exact) mass is 326 g/mol. The first-order valence-electron chi connectivity index (χ1n) is 2.21. The van der Waals surface area contributed by atoms with Gasteiger partial charge in [-0.05, 0) is 0 Å². The molecule has 0 fully saturated rings. The summed E-state index contributed by atoms with van der Waals surface area (Å²) < 4.78 is 99.0. The van der Waals surface area contributed by atoms with E-state index in [9.17, 15) is 26.3 Å². The molecule has 2 atom stereocenters. The molecule has 0 aliphatic rings. The van der Waals surface area contributed by atoms with E-state index in [0.29, 0.717) is 0 Å². The van der Waals surface area contributed by atoms with Crippen LogP contribution in [0.4, 0.5) is 26.3 Å². The molecular weight excluding hydrogens is 326 g/mol. The molecule has 0 saturated heterocycles. The zero-order valence-corrected chi connectivity index (χ0v) is 10.7. The molecule has 0 aromatic heterocycles. The average molecular weight is 327 g/mol. The first-order chi connectivity index (χ1) is 5.89. The first kappa shape index (κ1) is 25.6. The second kappa shape index (κ2) is 9.84. The number of alkyl halides is 6. The topological polar surface area (TPSA) is 80.3 Å². The minimum absolute atomic E-state index is 0. The fourth-order valence-corrected chi connectivity index (χ4v) is 0. The smallest absolute Gasteiger partial charge is 0.766 e. The molecule has 0 spiro atoms. The summed E-state index contributed by atoms with van der Waals surface area (Å²) in [6.45, 7) is 0. The molecule has 0 amide bonds. The van der Waals surface area contributed by atoms with Gasteiger partial charge in [0.05, 0.1) is 22.2 Å². The maximum absolute atomic E-state index is 10.6. The predicted molar refractivity (Wildman–Crippen MR) is 43.0 cm³/mol. The zero-order valence-electron chi connectivity index (χ0n) is 6.83. The summed E-state index contributed by atoms with van der Waals surface area (Å²) >= 11 is -7.87. The quantitative estimate of drug-likeness (QED) is 0.375. The summed E-state index contributed by atoms with van der Waals surface area (Å²) in [5.74, 6) is 0. The van der Waals surface area contributed by atoms with Gasteiger partial charge < -0.3 is 9.11 Å². The van der Waals surface area contributed by atoms with Crippen LogP contribution in [0, 0.1) is 0 Å². The van der Waals surface area contributed by atoms with Crippen LogP contribution in [0.5, 0.6) is 0 Å². The fraction of sp³-hybridized carbons (Fsp3) is 1.00. The van der Waals surface area contributed by atoms with Crippen LogP contribution in [0.3, 0.4) is 0 Å². The van der Waals surface area contributed by atoms with Crippen LogP contribution in [0.15, 0.2) is 0 Å². The summed E-state index contributed by atoms with van der Waals surface area (Å²) in [5.41, 5.74) is -10.2. The number of hydrogen-bond acceptors (Lipinski definition) is 4. The molecule has 0 N–H and O–H groups in total. The minimum atomic E-state index is -5.08. The van der Waals surface area contributed by atoms with E-state index in [-0.39, 0.29) is 35.5 Å². The number of rotatable bonds is 0. The van der Waals surface area contributed by atoms with Gasteiger partial charge in [-0.25, -0.2) is 0 Å². The second-order valence-corrected chi connectivity index (χ2v) is 3.23. The van der Waals surface area contributed by atoms with Crippen molar-refractivity contribution >= 4 is 57.6 Å². The Labute approximate surface area is 112 Å². The Hall–Kier alpha value is 0.856. The van der Waals surface area contributed by atoms with Gasteiger partial charge in [-0.3, -0.25) is 8.42 Å². The number of halogens is 7. The molecule has 0 radical (unpaired) electrons. The van der Waals surface area contributed by atoms with E-state index >= 15 is 0 Å². The minimum Gasteiger partial charge on any atom is -0.766 e. The van der Waals surface area contributed by atoms with Crippen LogP contribution in [-0.2, 0) is 22.2 Å². The molecule has 96 valence electrons. The third-order valence-electron chi connectivity index (χ3n) is 0.378. The molecule has 14 heteroatoms. The van der Waals surface area contributed by atoms with Crippen molar-refractivity contribution in [1.29, 1.82) is 0 Å². The predicted octanol–water partition coefficient (Wildman–Crippen LogP) is 0.812. The van der Waals surface area contributed by atoms with E-state index in [1.807, 2.05) is 0 Å². The van der Waals surface area contributed by atoms with Crippen LogP contribution in [0.2, 0.25) is 0 Å². The average Bonchev–Trinajstić information content (AvgIpc) is 1.83. The van der Waals surface area contributed by atoms with E-state index in [0.717, 1.165) is 0 Å². The Kier molecular flexibility index (Phi) is 15.8. The Balaban J connectivity index is -0.0000000800. The first-order valence-corrected chi connectivity index (χ1v) is 4.36. The molecule has 0 rings (SSSR count). The van der Waals surface area contributed by atoms with Crippen molar-refractivity contribution in [3.63, 3.8) is 0 Å². The Morgan fingerprint density at radius 3 is 0.812 bits per heavy atom. The molecule has 0 aromatic carbocycles. The normalized spacial score (nSPS) is 14.5. The van der Waals surface area contributed by atoms with E-state index in [4.69, 9.17) is 17.5 Å². The molecular formula is C2HClF6MgO4S2. The van der Waals surface area contributed by atoms with Crippen molar-refractivity contribution in [3.8, 4) is 0 Å². The second-order valence-electron chi connectivity index (χ2n) is 1.36. The molecule has 0 heterocycles. The van der Waals surface area contributed by atoms with Crippen molar-refractivity contribution < 1.29 is 43.9 Å². The van der Waals surface area contributed by atoms with Crippen LogP contribution in [-0.4, -0.2) is 51.6 Å². The van der Waals surface area contributed by atoms with Gasteiger partial charge >= 0.3 is 34.1 Å². The molecule has 0 bridgehead atoms. The summed E-state index contributed by atoms with van der Waals surface area (Å²) in [7, 11) is 0. The summed E-state index contributed by atoms with van der Waals surface area (Å²) in [4.78, 5) is 0. The van der Waals surface area contributed by atoms with Gasteiger partial charge in [0.2, 0.25) is 0 Å². The molecule has 0 saturated carbocycles. The van der Waals surface area contributed by atoms with Crippen molar-refractivity contribution in [1.82, 2.24) is 0 Å². The molecule has 0 aromatic rings. The van der Waals surface area contributed by atoms with Crippen molar-refractivity contribution in [2.45, 2.75) is 11.0 Å². The van der Waals surface area contributed by atoms with Gasteiger partial charge in [-0.15, -0.1) is 12.4 Å². The third kappa shape index (κ3) is 17.3. The third-order valence-corrected chi connectivity index (χ3v) is 1.13. The molecule has 16 heavy (non-hydrogen) atoms. The van der Waals surface area contributed by atoms with E-state index in [1.165, 1.54) is 0 Å². The standard InChI is InChI=1S/2CHF3O2S.ClH.Mg/c2*2-1(3,4)7(5)6;;/h2*(H,5,6);1H;/q;;;+2/p-2. The van der Waals surface area contributed by atoms with Gasteiger partial charge in [0.25, 0.3) is 0 Å².